The van der Waals surface area contributed by atoms with Crippen molar-refractivity contribution < 1.29 is 9.18 Å². The van der Waals surface area contributed by atoms with Crippen LogP contribution >= 0.6 is 0 Å². The van der Waals surface area contributed by atoms with E-state index in [4.69, 9.17) is 5.73 Å². The van der Waals surface area contributed by atoms with Crippen LogP contribution in [0.2, 0.25) is 0 Å². The number of hydrogen-bond acceptors (Lipinski definition) is 2. The standard InChI is InChI=1S/C17H23FN2O/c1-12(2)11-20(13(3)4)17(21)15-10-14(6-5-9-19)7-8-16(15)18/h7-8,10,12-13H,9,11,19H2,1-4H3. The van der Waals surface area contributed by atoms with Crippen LogP contribution in [0, 0.1) is 23.6 Å². The Balaban J connectivity index is 3.14. The molecular formula is C17H23FN2O. The van der Waals surface area contributed by atoms with Crippen molar-refractivity contribution in [3.63, 3.8) is 0 Å². The fourth-order valence-corrected chi connectivity index (χ4v) is 2.00. The van der Waals surface area contributed by atoms with E-state index < -0.39 is 5.82 Å². The van der Waals surface area contributed by atoms with Crippen molar-refractivity contribution in [2.24, 2.45) is 11.7 Å². The number of hydrogen-bond donors (Lipinski definition) is 1. The highest BCUT2D eigenvalue weighted by molar-refractivity contribution is 5.95. The van der Waals surface area contributed by atoms with Crippen LogP contribution in [0.15, 0.2) is 18.2 Å². The summed E-state index contributed by atoms with van der Waals surface area (Å²) in [5, 5.41) is 0. The molecule has 0 aromatic heterocycles. The lowest BCUT2D eigenvalue weighted by Gasteiger charge is -2.28. The van der Waals surface area contributed by atoms with Crippen LogP contribution < -0.4 is 5.73 Å². The predicted octanol–water partition coefficient (Wildman–Crippen LogP) is 2.64. The number of carbonyl (C=O) groups is 1. The van der Waals surface area contributed by atoms with Crippen LogP contribution in [0.3, 0.4) is 0 Å². The summed E-state index contributed by atoms with van der Waals surface area (Å²) in [6, 6.07) is 4.34. The van der Waals surface area contributed by atoms with E-state index in [9.17, 15) is 9.18 Å². The highest BCUT2D eigenvalue weighted by Crippen LogP contribution is 2.16. The summed E-state index contributed by atoms with van der Waals surface area (Å²) in [5.41, 5.74) is 5.98. The van der Waals surface area contributed by atoms with Gasteiger partial charge in [-0.25, -0.2) is 4.39 Å². The lowest BCUT2D eigenvalue weighted by atomic mass is 10.1. The third-order valence-electron chi connectivity index (χ3n) is 2.98. The van der Waals surface area contributed by atoms with E-state index >= 15 is 0 Å². The lowest BCUT2D eigenvalue weighted by Crippen LogP contribution is -2.40. The molecule has 1 aromatic rings. The molecule has 0 atom stereocenters. The molecule has 0 aliphatic carbocycles. The normalized spacial score (nSPS) is 10.5. The summed E-state index contributed by atoms with van der Waals surface area (Å²) in [4.78, 5) is 14.3. The molecular weight excluding hydrogens is 267 g/mol. The van der Waals surface area contributed by atoms with Gasteiger partial charge >= 0.3 is 0 Å². The molecule has 0 unspecified atom stereocenters. The van der Waals surface area contributed by atoms with Gasteiger partial charge < -0.3 is 10.6 Å². The third-order valence-corrected chi connectivity index (χ3v) is 2.98. The maximum Gasteiger partial charge on any atom is 0.257 e. The van der Waals surface area contributed by atoms with Gasteiger partial charge in [-0.15, -0.1) is 0 Å². The van der Waals surface area contributed by atoms with Crippen molar-refractivity contribution in [1.82, 2.24) is 4.90 Å². The highest BCUT2D eigenvalue weighted by atomic mass is 19.1. The summed E-state index contributed by atoms with van der Waals surface area (Å²) in [5.74, 6) is 5.03. The third kappa shape index (κ3) is 4.87. The first kappa shape index (κ1) is 17.2. The minimum atomic E-state index is -0.521. The summed E-state index contributed by atoms with van der Waals surface area (Å²) >= 11 is 0. The zero-order chi connectivity index (χ0) is 16.0. The van der Waals surface area contributed by atoms with E-state index in [0.717, 1.165) is 0 Å². The van der Waals surface area contributed by atoms with Crippen molar-refractivity contribution in [1.29, 1.82) is 0 Å². The van der Waals surface area contributed by atoms with Gasteiger partial charge in [0.15, 0.2) is 0 Å². The molecule has 3 nitrogen and oxygen atoms in total. The molecule has 0 fully saturated rings. The summed E-state index contributed by atoms with van der Waals surface area (Å²) < 4.78 is 14.0. The van der Waals surface area contributed by atoms with Gasteiger partial charge in [-0.2, -0.15) is 0 Å². The molecule has 4 heteroatoms. The highest BCUT2D eigenvalue weighted by Gasteiger charge is 2.22. The fourth-order valence-electron chi connectivity index (χ4n) is 2.00. The Kier molecular flexibility index (Phi) is 6.39. The number of nitrogens with two attached hydrogens (primary N) is 1. The molecule has 114 valence electrons. The van der Waals surface area contributed by atoms with E-state index in [1.807, 2.05) is 27.7 Å². The maximum absolute atomic E-state index is 14.0. The van der Waals surface area contributed by atoms with E-state index in [1.165, 1.54) is 12.1 Å². The molecule has 21 heavy (non-hydrogen) atoms. The molecule has 0 saturated heterocycles. The molecule has 0 spiro atoms. The molecule has 0 heterocycles. The Bertz CT molecular complexity index is 556. The van der Waals surface area contributed by atoms with Gasteiger partial charge in [0.25, 0.3) is 5.91 Å². The molecule has 1 amide bonds. The molecule has 2 N–H and O–H groups in total. The minimum Gasteiger partial charge on any atom is -0.336 e. The maximum atomic E-state index is 14.0. The first-order valence-electron chi connectivity index (χ1n) is 7.16. The Hall–Kier alpha value is -1.86. The second kappa shape index (κ2) is 7.80. The van der Waals surface area contributed by atoms with Crippen LogP contribution in [0.1, 0.15) is 43.6 Å². The first-order chi connectivity index (χ1) is 9.86. The Morgan fingerprint density at radius 1 is 1.33 bits per heavy atom. The van der Waals surface area contributed by atoms with E-state index in [-0.39, 0.29) is 24.1 Å². The van der Waals surface area contributed by atoms with Gasteiger partial charge in [0.2, 0.25) is 0 Å². The van der Waals surface area contributed by atoms with Crippen molar-refractivity contribution in [2.45, 2.75) is 33.7 Å². The van der Waals surface area contributed by atoms with Crippen LogP contribution in [0.25, 0.3) is 0 Å². The van der Waals surface area contributed by atoms with Gasteiger partial charge in [-0.1, -0.05) is 25.7 Å². The van der Waals surface area contributed by atoms with E-state index in [2.05, 4.69) is 11.8 Å². The Morgan fingerprint density at radius 2 is 2.00 bits per heavy atom. The second-order valence-corrected chi connectivity index (χ2v) is 5.65. The summed E-state index contributed by atoms with van der Waals surface area (Å²) in [7, 11) is 0. The average molecular weight is 290 g/mol. The topological polar surface area (TPSA) is 46.3 Å². The second-order valence-electron chi connectivity index (χ2n) is 5.65. The number of nitrogens with zero attached hydrogens (tertiary/aromatic N) is 1. The van der Waals surface area contributed by atoms with Crippen molar-refractivity contribution in [2.75, 3.05) is 13.1 Å². The van der Waals surface area contributed by atoms with E-state index in [1.54, 1.807) is 11.0 Å². The number of carbonyl (C=O) groups excluding carboxylic acids is 1. The molecule has 0 bridgehead atoms. The lowest BCUT2D eigenvalue weighted by molar-refractivity contribution is 0.0677. The average Bonchev–Trinajstić information content (AvgIpc) is 2.42. The van der Waals surface area contributed by atoms with Gasteiger partial charge in [0.1, 0.15) is 5.82 Å². The molecule has 0 aliphatic rings. The molecule has 0 saturated carbocycles. The van der Waals surface area contributed by atoms with E-state index in [0.29, 0.717) is 18.0 Å². The Labute approximate surface area is 126 Å². The van der Waals surface area contributed by atoms with Crippen LogP contribution in [0.5, 0.6) is 0 Å². The molecule has 1 aromatic carbocycles. The zero-order valence-corrected chi connectivity index (χ0v) is 13.1. The Morgan fingerprint density at radius 3 is 2.52 bits per heavy atom. The van der Waals surface area contributed by atoms with Crippen molar-refractivity contribution >= 4 is 5.91 Å². The fraction of sp³-hybridized carbons (Fsp3) is 0.471. The smallest absolute Gasteiger partial charge is 0.257 e. The molecule has 0 radical (unpaired) electrons. The minimum absolute atomic E-state index is 0.0121. The monoisotopic (exact) mass is 290 g/mol. The first-order valence-corrected chi connectivity index (χ1v) is 7.16. The molecule has 1 rings (SSSR count). The summed E-state index contributed by atoms with van der Waals surface area (Å²) in [6.45, 7) is 8.73. The summed E-state index contributed by atoms with van der Waals surface area (Å²) in [6.07, 6.45) is 0. The van der Waals surface area contributed by atoms with Gasteiger partial charge in [0, 0.05) is 18.2 Å². The zero-order valence-electron chi connectivity index (χ0n) is 13.1. The van der Waals surface area contributed by atoms with Gasteiger partial charge in [0.05, 0.1) is 12.1 Å². The number of amides is 1. The number of benzene rings is 1. The number of halogens is 1. The van der Waals surface area contributed by atoms with Crippen LogP contribution in [-0.4, -0.2) is 29.9 Å². The van der Waals surface area contributed by atoms with Gasteiger partial charge in [-0.05, 0) is 38.0 Å². The van der Waals surface area contributed by atoms with Crippen LogP contribution in [-0.2, 0) is 0 Å². The van der Waals surface area contributed by atoms with Crippen molar-refractivity contribution in [3.05, 3.63) is 35.1 Å². The van der Waals surface area contributed by atoms with Crippen molar-refractivity contribution in [3.8, 4) is 11.8 Å². The molecule has 0 aliphatic heterocycles. The van der Waals surface area contributed by atoms with Crippen LogP contribution in [0.4, 0.5) is 4.39 Å². The predicted molar refractivity (Wildman–Crippen MR) is 83.3 cm³/mol. The van der Waals surface area contributed by atoms with Gasteiger partial charge in [-0.3, -0.25) is 4.79 Å². The quantitative estimate of drug-likeness (QED) is 0.867. The largest absolute Gasteiger partial charge is 0.336 e. The number of rotatable bonds is 4. The SMILES string of the molecule is CC(C)CN(C(=O)c1cc(C#CCN)ccc1F)C(C)C.